The van der Waals surface area contributed by atoms with Gasteiger partial charge in [-0.3, -0.25) is 0 Å². The van der Waals surface area contributed by atoms with Gasteiger partial charge in [0.1, 0.15) is 0 Å². The van der Waals surface area contributed by atoms with Crippen LogP contribution in [0.4, 0.5) is 0 Å². The summed E-state index contributed by atoms with van der Waals surface area (Å²) in [6.07, 6.45) is 4.33. The van der Waals surface area contributed by atoms with Gasteiger partial charge < -0.3 is 19.5 Å². The first-order valence-corrected chi connectivity index (χ1v) is 8.07. The Morgan fingerprint density at radius 3 is 2.90 bits per heavy atom. The van der Waals surface area contributed by atoms with E-state index in [0.717, 1.165) is 70.3 Å². The fourth-order valence-corrected chi connectivity index (χ4v) is 2.26. The van der Waals surface area contributed by atoms with Gasteiger partial charge in [-0.25, -0.2) is 0 Å². The molecular formula is C17H27NO3. The van der Waals surface area contributed by atoms with Gasteiger partial charge in [-0.1, -0.05) is 25.5 Å². The fraction of sp³-hybridized carbons (Fsp3) is 0.647. The molecule has 0 unspecified atom stereocenters. The summed E-state index contributed by atoms with van der Waals surface area (Å²) in [5.41, 5.74) is 1.17. The van der Waals surface area contributed by atoms with E-state index in [1.807, 2.05) is 12.1 Å². The lowest BCUT2D eigenvalue weighted by Gasteiger charge is -2.13. The smallest absolute Gasteiger partial charge is 0.165 e. The van der Waals surface area contributed by atoms with Crippen molar-refractivity contribution >= 4 is 0 Å². The standard InChI is InChI=1S/C17H27NO3/c1-2-3-10-19-11-5-9-18-14-15-7-4-8-16-17(15)21-13-6-12-20-16/h4,7-8,18H,2-3,5-6,9-14H2,1H3. The van der Waals surface area contributed by atoms with Crippen LogP contribution < -0.4 is 14.8 Å². The van der Waals surface area contributed by atoms with Crippen LogP contribution in [0.25, 0.3) is 0 Å². The second-order valence-electron chi connectivity index (χ2n) is 5.29. The molecule has 0 amide bonds. The Bertz CT molecular complexity index is 409. The first-order valence-electron chi connectivity index (χ1n) is 8.07. The number of hydrogen-bond acceptors (Lipinski definition) is 4. The zero-order chi connectivity index (χ0) is 14.8. The normalized spacial score (nSPS) is 14.0. The number of fused-ring (bicyclic) bond motifs is 1. The van der Waals surface area contributed by atoms with E-state index in [0.29, 0.717) is 0 Å². The molecule has 0 atom stereocenters. The summed E-state index contributed by atoms with van der Waals surface area (Å²) in [5.74, 6) is 1.77. The van der Waals surface area contributed by atoms with E-state index in [9.17, 15) is 0 Å². The zero-order valence-electron chi connectivity index (χ0n) is 13.0. The van der Waals surface area contributed by atoms with Crippen molar-refractivity contribution in [1.82, 2.24) is 5.32 Å². The van der Waals surface area contributed by atoms with Crippen molar-refractivity contribution in [3.8, 4) is 11.5 Å². The summed E-state index contributed by atoms with van der Waals surface area (Å²) < 4.78 is 17.1. The van der Waals surface area contributed by atoms with Gasteiger partial charge >= 0.3 is 0 Å². The Hall–Kier alpha value is -1.26. The number of rotatable bonds is 9. The molecule has 1 heterocycles. The molecule has 0 saturated heterocycles. The number of hydrogen-bond donors (Lipinski definition) is 1. The highest BCUT2D eigenvalue weighted by Crippen LogP contribution is 2.32. The third-order valence-electron chi connectivity index (χ3n) is 3.45. The molecule has 0 bridgehead atoms. The largest absolute Gasteiger partial charge is 0.490 e. The van der Waals surface area contributed by atoms with Crippen LogP contribution in [0.1, 0.15) is 38.2 Å². The molecule has 1 aliphatic rings. The number of ether oxygens (including phenoxy) is 3. The van der Waals surface area contributed by atoms with Crippen molar-refractivity contribution in [1.29, 1.82) is 0 Å². The average molecular weight is 293 g/mol. The van der Waals surface area contributed by atoms with Crippen LogP contribution >= 0.6 is 0 Å². The van der Waals surface area contributed by atoms with Crippen molar-refractivity contribution in [3.63, 3.8) is 0 Å². The van der Waals surface area contributed by atoms with E-state index >= 15 is 0 Å². The van der Waals surface area contributed by atoms with E-state index in [1.165, 1.54) is 12.0 Å². The predicted molar refractivity (Wildman–Crippen MR) is 84.1 cm³/mol. The molecule has 2 rings (SSSR count). The van der Waals surface area contributed by atoms with Crippen LogP contribution in [0.3, 0.4) is 0 Å². The summed E-state index contributed by atoms with van der Waals surface area (Å²) in [4.78, 5) is 0. The minimum atomic E-state index is 0.731. The molecule has 21 heavy (non-hydrogen) atoms. The highest BCUT2D eigenvalue weighted by atomic mass is 16.5. The fourth-order valence-electron chi connectivity index (χ4n) is 2.26. The SMILES string of the molecule is CCCCOCCCNCc1cccc2c1OCCCO2. The Morgan fingerprint density at radius 1 is 1.14 bits per heavy atom. The molecular weight excluding hydrogens is 266 g/mol. The quantitative estimate of drug-likeness (QED) is 0.710. The van der Waals surface area contributed by atoms with E-state index in [4.69, 9.17) is 14.2 Å². The highest BCUT2D eigenvalue weighted by molar-refractivity contribution is 5.46. The van der Waals surface area contributed by atoms with Gasteiger partial charge in [0.25, 0.3) is 0 Å². The third-order valence-corrected chi connectivity index (χ3v) is 3.45. The third kappa shape index (κ3) is 5.56. The van der Waals surface area contributed by atoms with E-state index in [1.54, 1.807) is 0 Å². The summed E-state index contributed by atoms with van der Waals surface area (Å²) in [6.45, 7) is 7.12. The minimum absolute atomic E-state index is 0.731. The molecule has 0 saturated carbocycles. The summed E-state index contributed by atoms with van der Waals surface area (Å²) >= 11 is 0. The summed E-state index contributed by atoms with van der Waals surface area (Å²) in [7, 11) is 0. The molecule has 4 heteroatoms. The summed E-state index contributed by atoms with van der Waals surface area (Å²) in [5, 5.41) is 3.45. The molecule has 0 fully saturated rings. The van der Waals surface area contributed by atoms with Crippen LogP contribution in [0, 0.1) is 0 Å². The second kappa shape index (κ2) is 9.64. The van der Waals surface area contributed by atoms with Gasteiger partial charge in [0.15, 0.2) is 11.5 Å². The first kappa shape index (κ1) is 16.1. The Labute approximate surface area is 127 Å². The van der Waals surface area contributed by atoms with Gasteiger partial charge in [-0.2, -0.15) is 0 Å². The topological polar surface area (TPSA) is 39.7 Å². The number of unbranched alkanes of at least 4 members (excludes halogenated alkanes) is 1. The van der Waals surface area contributed by atoms with E-state index in [2.05, 4.69) is 18.3 Å². The first-order chi connectivity index (χ1) is 10.4. The molecule has 0 aromatic heterocycles. The minimum Gasteiger partial charge on any atom is -0.490 e. The molecule has 4 nitrogen and oxygen atoms in total. The number of benzene rings is 1. The highest BCUT2D eigenvalue weighted by Gasteiger charge is 2.13. The average Bonchev–Trinajstić information content (AvgIpc) is 2.76. The molecule has 0 spiro atoms. The maximum Gasteiger partial charge on any atom is 0.165 e. The van der Waals surface area contributed by atoms with Crippen molar-refractivity contribution in [2.45, 2.75) is 39.2 Å². The van der Waals surface area contributed by atoms with E-state index in [-0.39, 0.29) is 0 Å². The Kier molecular flexibility index (Phi) is 7.39. The van der Waals surface area contributed by atoms with E-state index < -0.39 is 0 Å². The molecule has 1 N–H and O–H groups in total. The van der Waals surface area contributed by atoms with Crippen LogP contribution in [0.15, 0.2) is 18.2 Å². The van der Waals surface area contributed by atoms with Gasteiger partial charge in [0, 0.05) is 31.7 Å². The van der Waals surface area contributed by atoms with Crippen molar-refractivity contribution < 1.29 is 14.2 Å². The lowest BCUT2D eigenvalue weighted by Crippen LogP contribution is -2.17. The van der Waals surface area contributed by atoms with Crippen molar-refractivity contribution in [3.05, 3.63) is 23.8 Å². The van der Waals surface area contributed by atoms with Crippen LogP contribution in [-0.2, 0) is 11.3 Å². The van der Waals surface area contributed by atoms with Crippen LogP contribution in [0.5, 0.6) is 11.5 Å². The van der Waals surface area contributed by atoms with Gasteiger partial charge in [0.05, 0.1) is 13.2 Å². The van der Waals surface area contributed by atoms with Gasteiger partial charge in [-0.05, 0) is 25.5 Å². The molecule has 1 aliphatic heterocycles. The maximum absolute atomic E-state index is 5.81. The molecule has 1 aromatic carbocycles. The lowest BCUT2D eigenvalue weighted by atomic mass is 10.2. The molecule has 0 radical (unpaired) electrons. The monoisotopic (exact) mass is 293 g/mol. The molecule has 0 aliphatic carbocycles. The number of nitrogens with one attached hydrogen (secondary N) is 1. The Morgan fingerprint density at radius 2 is 2.00 bits per heavy atom. The molecule has 1 aromatic rings. The summed E-state index contributed by atoms with van der Waals surface area (Å²) in [6, 6.07) is 6.10. The number of para-hydroxylation sites is 1. The molecule has 118 valence electrons. The second-order valence-corrected chi connectivity index (χ2v) is 5.29. The Balaban J connectivity index is 1.69. The van der Waals surface area contributed by atoms with Crippen molar-refractivity contribution in [2.75, 3.05) is 33.0 Å². The van der Waals surface area contributed by atoms with Crippen molar-refractivity contribution in [2.24, 2.45) is 0 Å². The predicted octanol–water partition coefficient (Wildman–Crippen LogP) is 3.14. The van der Waals surface area contributed by atoms with Gasteiger partial charge in [-0.15, -0.1) is 0 Å². The maximum atomic E-state index is 5.81. The van der Waals surface area contributed by atoms with Crippen LogP contribution in [-0.4, -0.2) is 33.0 Å². The lowest BCUT2D eigenvalue weighted by molar-refractivity contribution is 0.128. The van der Waals surface area contributed by atoms with Gasteiger partial charge in [0.2, 0.25) is 0 Å². The van der Waals surface area contributed by atoms with Crippen LogP contribution in [0.2, 0.25) is 0 Å². The zero-order valence-corrected chi connectivity index (χ0v) is 13.0.